The minimum Gasteiger partial charge on any atom is -0.347 e. The number of nitrogens with one attached hydrogen (secondary N) is 1. The fourth-order valence-electron chi connectivity index (χ4n) is 4.69. The molecule has 180 valence electrons. The highest BCUT2D eigenvalue weighted by Gasteiger charge is 2.37. The van der Waals surface area contributed by atoms with E-state index in [9.17, 15) is 18.0 Å². The van der Waals surface area contributed by atoms with Crippen molar-refractivity contribution >= 4 is 35.8 Å². The van der Waals surface area contributed by atoms with E-state index < -0.39 is 18.6 Å². The lowest BCUT2D eigenvalue weighted by atomic mass is 9.83. The van der Waals surface area contributed by atoms with Crippen LogP contribution in [0.5, 0.6) is 0 Å². The largest absolute Gasteiger partial charge is 0.406 e. The third-order valence-electron chi connectivity index (χ3n) is 6.16. The van der Waals surface area contributed by atoms with Gasteiger partial charge in [-0.25, -0.2) is 0 Å². The van der Waals surface area contributed by atoms with Crippen LogP contribution in [0.4, 0.5) is 13.2 Å². The number of alkyl halides is 3. The van der Waals surface area contributed by atoms with E-state index in [0.29, 0.717) is 22.8 Å². The number of piperidine rings is 2. The molecule has 0 radical (unpaired) electrons. The Morgan fingerprint density at radius 1 is 1.22 bits per heavy atom. The molecule has 0 spiro atoms. The summed E-state index contributed by atoms with van der Waals surface area (Å²) < 4.78 is 37.5. The van der Waals surface area contributed by atoms with E-state index in [1.807, 2.05) is 6.07 Å². The molecule has 2 aliphatic rings. The number of fused-ring (bicyclic) bond motifs is 1. The van der Waals surface area contributed by atoms with Gasteiger partial charge in [0.2, 0.25) is 5.91 Å². The summed E-state index contributed by atoms with van der Waals surface area (Å²) in [5, 5.41) is 2.96. The summed E-state index contributed by atoms with van der Waals surface area (Å²) in [5.74, 6) is 0.473. The number of amides is 1. The van der Waals surface area contributed by atoms with Crippen molar-refractivity contribution < 1.29 is 18.0 Å². The number of carbonyl (C=O) groups excluding carboxylic acids is 1. The predicted octanol–water partition coefficient (Wildman–Crippen LogP) is 3.19. The van der Waals surface area contributed by atoms with E-state index in [2.05, 4.69) is 44.4 Å². The molecule has 2 fully saturated rings. The molecule has 0 saturated carbocycles. The molecule has 2 unspecified atom stereocenters. The number of likely N-dealkylation sites (tertiary alicyclic amines) is 2. The number of aliphatic imine (C=N–C) groups is 1. The van der Waals surface area contributed by atoms with Crippen molar-refractivity contribution in [3.8, 4) is 0 Å². The van der Waals surface area contributed by atoms with Crippen molar-refractivity contribution in [2.75, 3.05) is 46.8 Å². The maximum absolute atomic E-state index is 12.5. The van der Waals surface area contributed by atoms with Crippen LogP contribution in [0.3, 0.4) is 0 Å². The van der Waals surface area contributed by atoms with Gasteiger partial charge in [0.1, 0.15) is 6.54 Å². The maximum atomic E-state index is 12.5. The molecule has 3 rings (SSSR count). The lowest BCUT2D eigenvalue weighted by molar-refractivity contribution is -0.157. The molecule has 2 heterocycles. The van der Waals surface area contributed by atoms with Crippen molar-refractivity contribution in [3.05, 3.63) is 35.9 Å². The van der Waals surface area contributed by atoms with Crippen molar-refractivity contribution in [3.63, 3.8) is 0 Å². The number of benzene rings is 1. The SMILES string of the molecule is CN=C(NCC(=O)N(C)CC(F)(F)F)N1CCC2C(CCCN2Cc2ccccc2)C1.I. The number of guanidine groups is 1. The van der Waals surface area contributed by atoms with Crippen LogP contribution in [0.1, 0.15) is 24.8 Å². The van der Waals surface area contributed by atoms with Crippen molar-refractivity contribution in [2.45, 2.75) is 38.0 Å². The Labute approximate surface area is 205 Å². The van der Waals surface area contributed by atoms with E-state index >= 15 is 0 Å². The molecule has 2 atom stereocenters. The zero-order valence-electron chi connectivity index (χ0n) is 18.6. The van der Waals surface area contributed by atoms with Crippen molar-refractivity contribution in [1.29, 1.82) is 0 Å². The zero-order valence-corrected chi connectivity index (χ0v) is 21.0. The predicted molar refractivity (Wildman–Crippen MR) is 130 cm³/mol. The van der Waals surface area contributed by atoms with Gasteiger partial charge in [-0.05, 0) is 37.3 Å². The molecule has 10 heteroatoms. The second kappa shape index (κ2) is 12.1. The van der Waals surface area contributed by atoms with Gasteiger partial charge in [0.25, 0.3) is 0 Å². The average molecular weight is 567 g/mol. The van der Waals surface area contributed by atoms with E-state index in [4.69, 9.17) is 0 Å². The maximum Gasteiger partial charge on any atom is 0.406 e. The molecule has 0 bridgehead atoms. The number of nitrogens with zero attached hydrogens (tertiary/aromatic N) is 4. The Morgan fingerprint density at radius 3 is 2.59 bits per heavy atom. The Hall–Kier alpha value is -1.56. The first-order valence-electron chi connectivity index (χ1n) is 10.8. The van der Waals surface area contributed by atoms with Gasteiger partial charge < -0.3 is 15.1 Å². The summed E-state index contributed by atoms with van der Waals surface area (Å²) in [6.45, 7) is 2.24. The van der Waals surface area contributed by atoms with Crippen LogP contribution >= 0.6 is 24.0 Å². The molecule has 2 aliphatic heterocycles. The van der Waals surface area contributed by atoms with Gasteiger partial charge in [-0.3, -0.25) is 14.7 Å². The normalized spacial score (nSPS) is 22.0. The van der Waals surface area contributed by atoms with Crippen LogP contribution in [-0.2, 0) is 11.3 Å². The second-order valence-corrected chi connectivity index (χ2v) is 8.43. The molecule has 0 aliphatic carbocycles. The summed E-state index contributed by atoms with van der Waals surface area (Å²) in [4.78, 5) is 21.7. The Kier molecular flexibility index (Phi) is 10.1. The summed E-state index contributed by atoms with van der Waals surface area (Å²) in [7, 11) is 2.80. The minimum atomic E-state index is -4.40. The average Bonchev–Trinajstić information content (AvgIpc) is 2.73. The fraction of sp³-hybridized carbons (Fsp3) is 0.636. The molecular formula is C22H33F3IN5O. The number of hydrogen-bond donors (Lipinski definition) is 1. The molecule has 1 aromatic rings. The van der Waals surface area contributed by atoms with Crippen LogP contribution in [-0.4, -0.2) is 85.6 Å². The van der Waals surface area contributed by atoms with E-state index in [1.54, 1.807) is 7.05 Å². The first-order chi connectivity index (χ1) is 14.8. The fourth-order valence-corrected chi connectivity index (χ4v) is 4.69. The zero-order chi connectivity index (χ0) is 22.4. The number of carbonyl (C=O) groups is 1. The molecule has 1 N–H and O–H groups in total. The number of rotatable bonds is 5. The van der Waals surface area contributed by atoms with Gasteiger partial charge >= 0.3 is 6.18 Å². The molecule has 6 nitrogen and oxygen atoms in total. The summed E-state index contributed by atoms with van der Waals surface area (Å²) in [6, 6.07) is 11.0. The van der Waals surface area contributed by atoms with Gasteiger partial charge in [-0.2, -0.15) is 13.2 Å². The molecule has 2 saturated heterocycles. The van der Waals surface area contributed by atoms with Crippen molar-refractivity contribution in [1.82, 2.24) is 20.0 Å². The number of halogens is 4. The summed E-state index contributed by atoms with van der Waals surface area (Å²) in [6.07, 6.45) is -1.11. The molecule has 1 amide bonds. The smallest absolute Gasteiger partial charge is 0.347 e. The van der Waals surface area contributed by atoms with Crippen molar-refractivity contribution in [2.24, 2.45) is 10.9 Å². The van der Waals surface area contributed by atoms with Crippen LogP contribution in [0, 0.1) is 5.92 Å². The van der Waals surface area contributed by atoms with E-state index in [1.165, 1.54) is 5.56 Å². The lowest BCUT2D eigenvalue weighted by Crippen LogP contribution is -2.57. The first kappa shape index (κ1) is 26.7. The molecule has 0 aromatic heterocycles. The van der Waals surface area contributed by atoms with Crippen LogP contribution in [0.25, 0.3) is 0 Å². The highest BCUT2D eigenvalue weighted by molar-refractivity contribution is 14.0. The Morgan fingerprint density at radius 2 is 1.94 bits per heavy atom. The first-order valence-corrected chi connectivity index (χ1v) is 10.8. The van der Waals surface area contributed by atoms with Gasteiger partial charge in [0, 0.05) is 39.8 Å². The molecule has 32 heavy (non-hydrogen) atoms. The van der Waals surface area contributed by atoms with Gasteiger partial charge in [0.15, 0.2) is 5.96 Å². The van der Waals surface area contributed by atoms with Crippen LogP contribution in [0.2, 0.25) is 0 Å². The molecular weight excluding hydrogens is 534 g/mol. The number of hydrogen-bond acceptors (Lipinski definition) is 3. The van der Waals surface area contributed by atoms with E-state index in [-0.39, 0.29) is 30.5 Å². The molecule has 1 aromatic carbocycles. The van der Waals surface area contributed by atoms with Crippen LogP contribution in [0.15, 0.2) is 35.3 Å². The third-order valence-corrected chi connectivity index (χ3v) is 6.16. The minimum absolute atomic E-state index is 0. The van der Waals surface area contributed by atoms with E-state index in [0.717, 1.165) is 52.5 Å². The highest BCUT2D eigenvalue weighted by atomic mass is 127. The summed E-state index contributed by atoms with van der Waals surface area (Å²) >= 11 is 0. The second-order valence-electron chi connectivity index (χ2n) is 8.43. The van der Waals surface area contributed by atoms with Crippen LogP contribution < -0.4 is 5.32 Å². The lowest BCUT2D eigenvalue weighted by Gasteiger charge is -2.48. The Bertz CT molecular complexity index is 762. The van der Waals surface area contributed by atoms with Gasteiger partial charge in [-0.15, -0.1) is 24.0 Å². The monoisotopic (exact) mass is 567 g/mol. The van der Waals surface area contributed by atoms with Gasteiger partial charge in [-0.1, -0.05) is 30.3 Å². The van der Waals surface area contributed by atoms with Gasteiger partial charge in [0.05, 0.1) is 6.54 Å². The quantitative estimate of drug-likeness (QED) is 0.338. The Balaban J connectivity index is 0.00000363. The highest BCUT2D eigenvalue weighted by Crippen LogP contribution is 2.31. The standard InChI is InChI=1S/C22H32F3N5O.HI/c1-26-21(27-13-20(31)28(2)16-22(23,24)25)30-12-10-19-18(15-30)9-6-11-29(19)14-17-7-4-3-5-8-17;/h3-5,7-8,18-19H,6,9-16H2,1-2H3,(H,26,27);1H. The number of likely N-dealkylation sites (N-methyl/N-ethyl adjacent to an activating group) is 1. The third kappa shape index (κ3) is 7.50. The summed E-state index contributed by atoms with van der Waals surface area (Å²) in [5.41, 5.74) is 1.32. The topological polar surface area (TPSA) is 51.2 Å².